The molecule has 1 N–H and O–H groups in total. The van der Waals surface area contributed by atoms with Gasteiger partial charge in [-0.3, -0.25) is 0 Å². The summed E-state index contributed by atoms with van der Waals surface area (Å²) in [6.45, 7) is 6.84. The number of aromatic nitrogens is 1. The van der Waals surface area contributed by atoms with Gasteiger partial charge in [-0.15, -0.1) is 0 Å². The fourth-order valence-corrected chi connectivity index (χ4v) is 3.01. The lowest BCUT2D eigenvalue weighted by molar-refractivity contribution is -0.142. The Morgan fingerprint density at radius 2 is 1.47 bits per heavy atom. The van der Waals surface area contributed by atoms with E-state index in [1.807, 2.05) is 0 Å². The number of fused-ring (bicyclic) bond motifs is 1. The highest BCUT2D eigenvalue weighted by molar-refractivity contribution is 6.07. The normalized spacial score (nSPS) is 11.7. The summed E-state index contributed by atoms with van der Waals surface area (Å²) in [6, 6.07) is 8.73. The summed E-state index contributed by atoms with van der Waals surface area (Å²) in [7, 11) is 0. The summed E-state index contributed by atoms with van der Waals surface area (Å²) in [5, 5.41) is 3.51. The molecular weight excluding hydrogens is 496 g/mol. The first-order valence-electron chi connectivity index (χ1n) is 11.9. The van der Waals surface area contributed by atoms with Gasteiger partial charge in [0.15, 0.2) is 0 Å². The summed E-state index contributed by atoms with van der Waals surface area (Å²) in [5.74, 6) is -2.98. The van der Waals surface area contributed by atoms with Crippen LogP contribution in [0, 0.1) is 0 Å². The number of ether oxygens (including phenoxy) is 5. The number of carbonyl (C=O) groups excluding carboxylic acids is 4. The zero-order valence-corrected chi connectivity index (χ0v) is 21.6. The Bertz CT molecular complexity index is 1250. The Labute approximate surface area is 220 Å². The zero-order valence-electron chi connectivity index (χ0n) is 21.6. The van der Waals surface area contributed by atoms with Crippen LogP contribution in [0.4, 0.5) is 5.82 Å². The third-order valence-corrected chi connectivity index (χ3v) is 4.61. The average Bonchev–Trinajstić information content (AvgIpc) is 2.90. The molecule has 0 amide bonds. The van der Waals surface area contributed by atoms with Crippen LogP contribution in [0.2, 0.25) is 0 Å². The standard InChI is InChI=1S/C27H30N2O9/c1-5-35-23(30)13-14-34-17-21(27(33)38-8-4)20(26(32)37-7-3)16-28-24-19(25(31)36-6-2)15-18-11-9-10-12-22(18)29-24/h9-17H,5-8H2,1-4H3,(H,28,29)/b14-13+,20-16+,21-17+. The van der Waals surface area contributed by atoms with Crippen molar-refractivity contribution in [3.05, 3.63) is 71.8 Å². The maximum atomic E-state index is 12.8. The molecule has 0 spiro atoms. The van der Waals surface area contributed by atoms with Gasteiger partial charge in [0.1, 0.15) is 23.2 Å². The van der Waals surface area contributed by atoms with Crippen molar-refractivity contribution in [2.75, 3.05) is 31.7 Å². The number of anilines is 1. The summed E-state index contributed by atoms with van der Waals surface area (Å²) in [5.41, 5.74) is 0.0902. The third kappa shape index (κ3) is 8.47. The van der Waals surface area contributed by atoms with Crippen molar-refractivity contribution in [3.8, 4) is 0 Å². The van der Waals surface area contributed by atoms with Crippen molar-refractivity contribution in [3.63, 3.8) is 0 Å². The second-order valence-corrected chi connectivity index (χ2v) is 7.16. The van der Waals surface area contributed by atoms with Crippen molar-refractivity contribution < 1.29 is 42.9 Å². The molecule has 11 heteroatoms. The van der Waals surface area contributed by atoms with Crippen molar-refractivity contribution in [2.24, 2.45) is 0 Å². The highest BCUT2D eigenvalue weighted by atomic mass is 16.5. The summed E-state index contributed by atoms with van der Waals surface area (Å²) in [6.07, 6.45) is 4.06. The van der Waals surface area contributed by atoms with Gasteiger partial charge in [0.05, 0.1) is 49.9 Å². The minimum atomic E-state index is -0.893. The minimum absolute atomic E-state index is 0.0115. The molecule has 0 aliphatic carbocycles. The van der Waals surface area contributed by atoms with E-state index < -0.39 is 23.9 Å². The Morgan fingerprint density at radius 3 is 2.13 bits per heavy atom. The van der Waals surface area contributed by atoms with E-state index >= 15 is 0 Å². The molecule has 0 bridgehead atoms. The molecule has 202 valence electrons. The molecule has 2 rings (SSSR count). The first-order valence-corrected chi connectivity index (χ1v) is 11.9. The molecule has 0 atom stereocenters. The maximum Gasteiger partial charge on any atom is 0.342 e. The van der Waals surface area contributed by atoms with E-state index in [4.69, 9.17) is 23.7 Å². The molecule has 0 saturated carbocycles. The van der Waals surface area contributed by atoms with E-state index in [1.54, 1.807) is 58.0 Å². The molecule has 38 heavy (non-hydrogen) atoms. The second kappa shape index (κ2) is 15.4. The molecule has 2 aromatic rings. The fourth-order valence-electron chi connectivity index (χ4n) is 3.01. The van der Waals surface area contributed by atoms with Crippen molar-refractivity contribution in [2.45, 2.75) is 27.7 Å². The predicted octanol–water partition coefficient (Wildman–Crippen LogP) is 3.81. The van der Waals surface area contributed by atoms with E-state index in [0.29, 0.717) is 10.9 Å². The predicted molar refractivity (Wildman–Crippen MR) is 138 cm³/mol. The Kier molecular flexibility index (Phi) is 12.0. The van der Waals surface area contributed by atoms with Crippen molar-refractivity contribution in [1.82, 2.24) is 4.98 Å². The molecule has 0 fully saturated rings. The Hall–Kier alpha value is -4.67. The van der Waals surface area contributed by atoms with E-state index in [9.17, 15) is 19.2 Å². The highest BCUT2D eigenvalue weighted by Gasteiger charge is 2.25. The molecule has 11 nitrogen and oxygen atoms in total. The lowest BCUT2D eigenvalue weighted by atomic mass is 10.1. The van der Waals surface area contributed by atoms with Crippen LogP contribution in [0.3, 0.4) is 0 Å². The second-order valence-electron chi connectivity index (χ2n) is 7.16. The lowest BCUT2D eigenvalue weighted by Gasteiger charge is -2.13. The van der Waals surface area contributed by atoms with Gasteiger partial charge in [0.2, 0.25) is 0 Å². The van der Waals surface area contributed by atoms with E-state index in [2.05, 4.69) is 10.3 Å². The number of carbonyl (C=O) groups is 4. The summed E-state index contributed by atoms with van der Waals surface area (Å²) in [4.78, 5) is 54.1. The SMILES string of the molecule is CCOC(=O)/C=C/O/C=C(C(=O)OCC)\C(=C/Nc1nc2ccccc2cc1C(=O)OCC)C(=O)OCC. The molecule has 0 saturated heterocycles. The monoisotopic (exact) mass is 526 g/mol. The van der Waals surface area contributed by atoms with Crippen molar-refractivity contribution >= 4 is 40.6 Å². The minimum Gasteiger partial charge on any atom is -0.471 e. The number of benzene rings is 1. The fraction of sp³-hybridized carbons (Fsp3) is 0.296. The zero-order chi connectivity index (χ0) is 27.9. The van der Waals surface area contributed by atoms with Gasteiger partial charge in [-0.1, -0.05) is 18.2 Å². The summed E-state index contributed by atoms with van der Waals surface area (Å²) >= 11 is 0. The molecule has 1 aromatic heterocycles. The Morgan fingerprint density at radius 1 is 0.842 bits per heavy atom. The number of hydrogen-bond donors (Lipinski definition) is 1. The van der Waals surface area contributed by atoms with Gasteiger partial charge in [-0.2, -0.15) is 0 Å². The van der Waals surface area contributed by atoms with Crippen molar-refractivity contribution in [1.29, 1.82) is 0 Å². The molecule has 0 radical (unpaired) electrons. The van der Waals surface area contributed by atoms with Crippen LogP contribution >= 0.6 is 0 Å². The summed E-state index contributed by atoms with van der Waals surface area (Å²) < 4.78 is 25.3. The number of hydrogen-bond acceptors (Lipinski definition) is 11. The van der Waals surface area contributed by atoms with E-state index in [0.717, 1.165) is 24.8 Å². The third-order valence-electron chi connectivity index (χ3n) is 4.61. The van der Waals surface area contributed by atoms with Crippen LogP contribution in [0.15, 0.2) is 66.3 Å². The molecule has 0 aliphatic heterocycles. The molecule has 0 unspecified atom stereocenters. The van der Waals surface area contributed by atoms with Crippen LogP contribution in [0.5, 0.6) is 0 Å². The number of pyridine rings is 1. The van der Waals surface area contributed by atoms with Gasteiger partial charge in [-0.05, 0) is 39.8 Å². The number of rotatable bonds is 13. The number of nitrogens with zero attached hydrogens (tertiary/aromatic N) is 1. The largest absolute Gasteiger partial charge is 0.471 e. The highest BCUT2D eigenvalue weighted by Crippen LogP contribution is 2.23. The molecule has 1 heterocycles. The van der Waals surface area contributed by atoms with Gasteiger partial charge in [-0.25, -0.2) is 24.2 Å². The Balaban J connectivity index is 2.55. The quantitative estimate of drug-likeness (QED) is 0.134. The van der Waals surface area contributed by atoms with Gasteiger partial charge in [0.25, 0.3) is 0 Å². The first-order chi connectivity index (χ1) is 18.4. The molecular formula is C27H30N2O9. The average molecular weight is 527 g/mol. The van der Waals surface area contributed by atoms with Crippen LogP contribution in [0.25, 0.3) is 10.9 Å². The lowest BCUT2D eigenvalue weighted by Crippen LogP contribution is -2.19. The van der Waals surface area contributed by atoms with E-state index in [1.165, 1.54) is 0 Å². The maximum absolute atomic E-state index is 12.8. The topological polar surface area (TPSA) is 139 Å². The van der Waals surface area contributed by atoms with Crippen LogP contribution in [-0.4, -0.2) is 55.3 Å². The number of esters is 4. The van der Waals surface area contributed by atoms with E-state index in [-0.39, 0.29) is 49.0 Å². The van der Waals surface area contributed by atoms with Crippen LogP contribution < -0.4 is 5.32 Å². The van der Waals surface area contributed by atoms with Gasteiger partial charge < -0.3 is 29.0 Å². The first kappa shape index (κ1) is 29.6. The molecule has 0 aliphatic rings. The number of nitrogens with one attached hydrogen (secondary N) is 1. The van der Waals surface area contributed by atoms with Crippen LogP contribution in [0.1, 0.15) is 38.1 Å². The molecule has 1 aromatic carbocycles. The smallest absolute Gasteiger partial charge is 0.342 e. The van der Waals surface area contributed by atoms with Crippen LogP contribution in [-0.2, 0) is 38.1 Å². The van der Waals surface area contributed by atoms with Gasteiger partial charge >= 0.3 is 23.9 Å². The number of para-hydroxylation sites is 1. The van der Waals surface area contributed by atoms with Gasteiger partial charge in [0, 0.05) is 11.6 Å².